The fourth-order valence-corrected chi connectivity index (χ4v) is 3.18. The van der Waals surface area contributed by atoms with E-state index in [0.717, 1.165) is 14.9 Å². The number of benzene rings is 2. The van der Waals surface area contributed by atoms with Gasteiger partial charge in [-0.25, -0.2) is 4.90 Å². The smallest absolute Gasteiger partial charge is 0.258 e. The highest BCUT2D eigenvalue weighted by Crippen LogP contribution is 2.20. The fourth-order valence-electron chi connectivity index (χ4n) is 2.91. The van der Waals surface area contributed by atoms with Crippen molar-refractivity contribution in [1.29, 1.82) is 0 Å². The number of hydrogen-bond acceptors (Lipinski definition) is 4. The van der Waals surface area contributed by atoms with E-state index in [0.29, 0.717) is 23.5 Å². The van der Waals surface area contributed by atoms with Gasteiger partial charge >= 0.3 is 0 Å². The first-order valence-electron chi connectivity index (χ1n) is 8.74. The summed E-state index contributed by atoms with van der Waals surface area (Å²) in [6, 6.07) is 14.2. The zero-order valence-electron chi connectivity index (χ0n) is 15.1. The average molecular weight is 451 g/mol. The van der Waals surface area contributed by atoms with E-state index in [4.69, 9.17) is 0 Å². The van der Waals surface area contributed by atoms with Crippen molar-refractivity contribution in [2.24, 2.45) is 0 Å². The van der Waals surface area contributed by atoms with E-state index < -0.39 is 11.8 Å². The van der Waals surface area contributed by atoms with E-state index in [1.54, 1.807) is 41.3 Å². The average Bonchev–Trinajstić information content (AvgIpc) is 3.29. The lowest BCUT2D eigenvalue weighted by molar-refractivity contribution is -0.119. The van der Waals surface area contributed by atoms with Gasteiger partial charge in [-0.3, -0.25) is 19.1 Å². The minimum atomic E-state index is -0.398. The molecule has 1 aliphatic heterocycles. The van der Waals surface area contributed by atoms with Crippen LogP contribution in [0, 0.1) is 0 Å². The first-order chi connectivity index (χ1) is 14.0. The Hall–Kier alpha value is -3.52. The molecular weight excluding hydrogens is 436 g/mol. The molecular formula is C21H15BrN4O3. The summed E-state index contributed by atoms with van der Waals surface area (Å²) in [7, 11) is 0. The van der Waals surface area contributed by atoms with E-state index in [1.807, 2.05) is 24.3 Å². The maximum atomic E-state index is 12.5. The minimum absolute atomic E-state index is 0.308. The molecule has 4 rings (SSSR count). The molecule has 0 bridgehead atoms. The van der Waals surface area contributed by atoms with Crippen LogP contribution in [0.15, 0.2) is 77.5 Å². The second kappa shape index (κ2) is 7.84. The lowest BCUT2D eigenvalue weighted by Gasteiger charge is -2.14. The Labute approximate surface area is 174 Å². The Morgan fingerprint density at radius 3 is 2.28 bits per heavy atom. The van der Waals surface area contributed by atoms with Crippen molar-refractivity contribution in [2.45, 2.75) is 6.54 Å². The Kier molecular flexibility index (Phi) is 5.09. The molecule has 3 amide bonds. The number of carbonyl (C=O) groups is 3. The van der Waals surface area contributed by atoms with Crippen molar-refractivity contribution >= 4 is 45.0 Å². The SMILES string of the molecule is O=C(Nc1cnn(Cc2ccc(Br)cc2)c1)c1ccc(N2C(=O)C=CC2=O)cc1. The summed E-state index contributed by atoms with van der Waals surface area (Å²) >= 11 is 3.40. The summed E-state index contributed by atoms with van der Waals surface area (Å²) in [4.78, 5) is 37.0. The first-order valence-corrected chi connectivity index (χ1v) is 9.53. The predicted molar refractivity (Wildman–Crippen MR) is 111 cm³/mol. The van der Waals surface area contributed by atoms with Crippen LogP contribution in [-0.2, 0) is 16.1 Å². The van der Waals surface area contributed by atoms with Gasteiger partial charge in [0, 0.05) is 28.4 Å². The maximum absolute atomic E-state index is 12.5. The molecule has 0 unspecified atom stereocenters. The van der Waals surface area contributed by atoms with Crippen LogP contribution in [0.3, 0.4) is 0 Å². The predicted octanol–water partition coefficient (Wildman–Crippen LogP) is 3.38. The molecule has 1 aromatic heterocycles. The fraction of sp³-hybridized carbons (Fsp3) is 0.0476. The van der Waals surface area contributed by atoms with Crippen LogP contribution in [0.2, 0.25) is 0 Å². The van der Waals surface area contributed by atoms with Gasteiger partial charge in [-0.2, -0.15) is 5.10 Å². The zero-order chi connectivity index (χ0) is 20.4. The van der Waals surface area contributed by atoms with E-state index in [2.05, 4.69) is 26.3 Å². The maximum Gasteiger partial charge on any atom is 0.258 e. The van der Waals surface area contributed by atoms with Gasteiger partial charge in [0.05, 0.1) is 24.1 Å². The van der Waals surface area contributed by atoms with Crippen molar-refractivity contribution < 1.29 is 14.4 Å². The monoisotopic (exact) mass is 450 g/mol. The van der Waals surface area contributed by atoms with Crippen LogP contribution in [0.1, 0.15) is 15.9 Å². The number of halogens is 1. The Morgan fingerprint density at radius 1 is 0.966 bits per heavy atom. The third-order valence-corrected chi connectivity index (χ3v) is 4.87. The number of rotatable bonds is 5. The van der Waals surface area contributed by atoms with Gasteiger partial charge in [0.25, 0.3) is 17.7 Å². The van der Waals surface area contributed by atoms with E-state index in [-0.39, 0.29) is 5.91 Å². The second-order valence-corrected chi connectivity index (χ2v) is 7.31. The molecule has 0 atom stereocenters. The number of imide groups is 1. The summed E-state index contributed by atoms with van der Waals surface area (Å²) in [5.41, 5.74) is 2.49. The summed E-state index contributed by atoms with van der Waals surface area (Å²) < 4.78 is 2.75. The first kappa shape index (κ1) is 18.8. The number of nitrogens with one attached hydrogen (secondary N) is 1. The molecule has 29 heavy (non-hydrogen) atoms. The third kappa shape index (κ3) is 4.17. The largest absolute Gasteiger partial charge is 0.319 e. The van der Waals surface area contributed by atoms with Crippen LogP contribution in [0.4, 0.5) is 11.4 Å². The molecule has 2 heterocycles. The topological polar surface area (TPSA) is 84.3 Å². The Bertz CT molecular complexity index is 1100. The summed E-state index contributed by atoms with van der Waals surface area (Å²) in [6.07, 6.45) is 5.77. The summed E-state index contributed by atoms with van der Waals surface area (Å²) in [5.74, 6) is -1.10. The van der Waals surface area contributed by atoms with E-state index in [9.17, 15) is 14.4 Å². The standard InChI is InChI=1S/C21H15BrN4O3/c22-16-5-1-14(2-6-16)12-25-13-17(11-23-25)24-21(29)15-3-7-18(8-4-15)26-19(27)9-10-20(26)28/h1-11,13H,12H2,(H,24,29). The number of anilines is 2. The number of nitrogens with zero attached hydrogens (tertiary/aromatic N) is 3. The molecule has 1 aliphatic rings. The molecule has 144 valence electrons. The molecule has 7 nitrogen and oxygen atoms in total. The van der Waals surface area contributed by atoms with Crippen molar-refractivity contribution in [2.75, 3.05) is 10.2 Å². The molecule has 3 aromatic rings. The van der Waals surface area contributed by atoms with Gasteiger partial charge in [0.15, 0.2) is 0 Å². The molecule has 2 aromatic carbocycles. The van der Waals surface area contributed by atoms with Gasteiger partial charge < -0.3 is 5.32 Å². The molecule has 8 heteroatoms. The zero-order valence-corrected chi connectivity index (χ0v) is 16.7. The Balaban J connectivity index is 1.40. The van der Waals surface area contributed by atoms with Crippen molar-refractivity contribution in [3.63, 3.8) is 0 Å². The molecule has 0 aliphatic carbocycles. The molecule has 0 saturated carbocycles. The van der Waals surface area contributed by atoms with Crippen LogP contribution in [0.25, 0.3) is 0 Å². The number of carbonyl (C=O) groups excluding carboxylic acids is 3. The minimum Gasteiger partial charge on any atom is -0.319 e. The van der Waals surface area contributed by atoms with E-state index in [1.165, 1.54) is 12.2 Å². The second-order valence-electron chi connectivity index (χ2n) is 6.40. The normalized spacial score (nSPS) is 13.2. The van der Waals surface area contributed by atoms with Gasteiger partial charge in [0.2, 0.25) is 0 Å². The van der Waals surface area contributed by atoms with Crippen LogP contribution in [0.5, 0.6) is 0 Å². The number of aromatic nitrogens is 2. The number of hydrogen-bond donors (Lipinski definition) is 1. The van der Waals surface area contributed by atoms with Crippen molar-refractivity contribution in [3.8, 4) is 0 Å². The van der Waals surface area contributed by atoms with E-state index >= 15 is 0 Å². The molecule has 0 radical (unpaired) electrons. The van der Waals surface area contributed by atoms with Gasteiger partial charge in [-0.05, 0) is 42.0 Å². The molecule has 0 saturated heterocycles. The van der Waals surface area contributed by atoms with Crippen LogP contribution >= 0.6 is 15.9 Å². The highest BCUT2D eigenvalue weighted by atomic mass is 79.9. The highest BCUT2D eigenvalue weighted by Gasteiger charge is 2.25. The lowest BCUT2D eigenvalue weighted by Crippen LogP contribution is -2.29. The lowest BCUT2D eigenvalue weighted by atomic mass is 10.2. The third-order valence-electron chi connectivity index (χ3n) is 4.35. The van der Waals surface area contributed by atoms with Gasteiger partial charge in [-0.15, -0.1) is 0 Å². The molecule has 0 spiro atoms. The highest BCUT2D eigenvalue weighted by molar-refractivity contribution is 9.10. The van der Waals surface area contributed by atoms with Crippen molar-refractivity contribution in [1.82, 2.24) is 9.78 Å². The van der Waals surface area contributed by atoms with Crippen molar-refractivity contribution in [3.05, 3.63) is 88.7 Å². The van der Waals surface area contributed by atoms with Crippen LogP contribution < -0.4 is 10.2 Å². The Morgan fingerprint density at radius 2 is 1.62 bits per heavy atom. The molecule has 0 fully saturated rings. The number of amides is 3. The van der Waals surface area contributed by atoms with Gasteiger partial charge in [-0.1, -0.05) is 28.1 Å². The van der Waals surface area contributed by atoms with Gasteiger partial charge in [0.1, 0.15) is 0 Å². The molecule has 1 N–H and O–H groups in total. The summed E-state index contributed by atoms with van der Waals surface area (Å²) in [6.45, 7) is 0.587. The van der Waals surface area contributed by atoms with Crippen LogP contribution in [-0.4, -0.2) is 27.5 Å². The summed E-state index contributed by atoms with van der Waals surface area (Å²) in [5, 5.41) is 7.06. The quantitative estimate of drug-likeness (QED) is 0.603.